The van der Waals surface area contributed by atoms with Crippen molar-refractivity contribution in [1.82, 2.24) is 15.0 Å². The number of aromatic nitrogens is 3. The Balaban J connectivity index is 1.27. The number of hydrogen-bond acceptors (Lipinski definition) is 4. The molecule has 0 N–H and O–H groups in total. The Morgan fingerprint density at radius 2 is 1.24 bits per heavy atom. The standard InChI is InChI=1S/C41H36N4/c1-26-19-28-20-27(2)23-41(22-26,24-28)32-17-15-30(16-18-32)39-43-38(29-9-4-3-5-10-29)44-40(45-39)35-14-8-13-34-36(35)21-31-11-6-7-12-33(31)37(34)25-42/h3-18,21,26-28H,19-20,22-24H2,1-2H3/t26-,27+,28-,41?. The molecule has 5 aromatic carbocycles. The Labute approximate surface area is 264 Å². The van der Waals surface area contributed by atoms with Gasteiger partial charge in [-0.05, 0) is 77.7 Å². The second kappa shape index (κ2) is 10.9. The van der Waals surface area contributed by atoms with Gasteiger partial charge < -0.3 is 0 Å². The van der Waals surface area contributed by atoms with Crippen LogP contribution in [-0.2, 0) is 5.41 Å². The fourth-order valence-corrected chi connectivity index (χ4v) is 8.78. The van der Waals surface area contributed by atoms with E-state index in [2.05, 4.69) is 62.4 Å². The molecule has 0 saturated heterocycles. The van der Waals surface area contributed by atoms with Crippen LogP contribution in [0.2, 0.25) is 0 Å². The molecule has 4 heteroatoms. The lowest BCUT2D eigenvalue weighted by molar-refractivity contribution is 0.0780. The molecule has 0 aliphatic heterocycles. The molecular weight excluding hydrogens is 548 g/mol. The number of fused-ring (bicyclic) bond motifs is 4. The molecule has 1 aromatic heterocycles. The lowest BCUT2D eigenvalue weighted by atomic mass is 9.54. The average Bonchev–Trinajstić information content (AvgIpc) is 3.06. The monoisotopic (exact) mass is 584 g/mol. The van der Waals surface area contributed by atoms with Gasteiger partial charge in [-0.15, -0.1) is 0 Å². The van der Waals surface area contributed by atoms with Crippen molar-refractivity contribution in [1.29, 1.82) is 5.26 Å². The Morgan fingerprint density at radius 3 is 1.96 bits per heavy atom. The minimum Gasteiger partial charge on any atom is -0.208 e. The highest BCUT2D eigenvalue weighted by atomic mass is 15.0. The lowest BCUT2D eigenvalue weighted by Crippen LogP contribution is -2.42. The van der Waals surface area contributed by atoms with Crippen LogP contribution in [0.5, 0.6) is 0 Å². The SMILES string of the molecule is C[C@@H]1C[C@@H]2C[C@H](C)CC(c3ccc(-c4nc(-c5ccccc5)nc(-c5cccc6c(C#N)c7ccccc7cc56)n4)cc3)(C1)C2. The molecule has 2 aliphatic carbocycles. The second-order valence-electron chi connectivity index (χ2n) is 13.7. The molecule has 2 fully saturated rings. The van der Waals surface area contributed by atoms with Gasteiger partial charge >= 0.3 is 0 Å². The van der Waals surface area contributed by atoms with Crippen molar-refractivity contribution in [2.45, 2.75) is 51.4 Å². The molecule has 0 amide bonds. The molecular formula is C41H36N4. The minimum atomic E-state index is 0.280. The third-order valence-electron chi connectivity index (χ3n) is 10.3. The summed E-state index contributed by atoms with van der Waals surface area (Å²) in [5.41, 5.74) is 5.25. The Morgan fingerprint density at radius 1 is 0.622 bits per heavy atom. The molecule has 2 bridgehead atoms. The molecule has 220 valence electrons. The van der Waals surface area contributed by atoms with Gasteiger partial charge in [0.25, 0.3) is 0 Å². The van der Waals surface area contributed by atoms with Gasteiger partial charge in [0.05, 0.1) is 5.56 Å². The van der Waals surface area contributed by atoms with Gasteiger partial charge in [0.15, 0.2) is 17.5 Å². The highest BCUT2D eigenvalue weighted by Crippen LogP contribution is 2.54. The third-order valence-corrected chi connectivity index (χ3v) is 10.3. The van der Waals surface area contributed by atoms with Gasteiger partial charge in [-0.3, -0.25) is 0 Å². The van der Waals surface area contributed by atoms with E-state index in [9.17, 15) is 5.26 Å². The third kappa shape index (κ3) is 4.88. The number of nitriles is 1. The molecule has 2 saturated carbocycles. The predicted molar refractivity (Wildman–Crippen MR) is 182 cm³/mol. The summed E-state index contributed by atoms with van der Waals surface area (Å²) in [5, 5.41) is 14.0. The zero-order valence-corrected chi connectivity index (χ0v) is 25.9. The fourth-order valence-electron chi connectivity index (χ4n) is 8.78. The van der Waals surface area contributed by atoms with Crippen LogP contribution in [0.1, 0.15) is 57.1 Å². The van der Waals surface area contributed by atoms with Gasteiger partial charge in [0, 0.05) is 27.5 Å². The first kappa shape index (κ1) is 27.7. The van der Waals surface area contributed by atoms with E-state index in [1.165, 1.54) is 37.7 Å². The van der Waals surface area contributed by atoms with E-state index in [1.807, 2.05) is 60.7 Å². The molecule has 4 atom stereocenters. The molecule has 45 heavy (non-hydrogen) atoms. The van der Waals surface area contributed by atoms with Crippen LogP contribution in [0.15, 0.2) is 103 Å². The highest BCUT2D eigenvalue weighted by Gasteiger charge is 2.45. The Hall–Kier alpha value is -4.88. The smallest absolute Gasteiger partial charge is 0.164 e. The summed E-state index contributed by atoms with van der Waals surface area (Å²) in [4.78, 5) is 15.2. The number of benzene rings is 5. The van der Waals surface area contributed by atoms with Crippen molar-refractivity contribution >= 4 is 21.5 Å². The van der Waals surface area contributed by atoms with E-state index in [-0.39, 0.29) is 5.41 Å². The molecule has 8 rings (SSSR count). The summed E-state index contributed by atoms with van der Waals surface area (Å²) in [6.07, 6.45) is 6.62. The molecule has 2 aliphatic rings. The van der Waals surface area contributed by atoms with Crippen LogP contribution < -0.4 is 0 Å². The van der Waals surface area contributed by atoms with E-state index in [0.717, 1.165) is 56.0 Å². The topological polar surface area (TPSA) is 62.5 Å². The van der Waals surface area contributed by atoms with Gasteiger partial charge in [-0.1, -0.05) is 111 Å². The first-order valence-electron chi connectivity index (χ1n) is 16.3. The van der Waals surface area contributed by atoms with Crippen LogP contribution in [0, 0.1) is 29.1 Å². The first-order chi connectivity index (χ1) is 22.0. The van der Waals surface area contributed by atoms with Crippen LogP contribution in [0.25, 0.3) is 55.7 Å². The first-order valence-corrected chi connectivity index (χ1v) is 16.3. The molecule has 6 aromatic rings. The normalized spacial score (nSPS) is 22.7. The van der Waals surface area contributed by atoms with E-state index >= 15 is 0 Å². The van der Waals surface area contributed by atoms with E-state index in [1.54, 1.807) is 0 Å². The number of hydrogen-bond donors (Lipinski definition) is 0. The zero-order chi connectivity index (χ0) is 30.5. The quantitative estimate of drug-likeness (QED) is 0.193. The highest BCUT2D eigenvalue weighted by molar-refractivity contribution is 6.09. The maximum Gasteiger partial charge on any atom is 0.164 e. The van der Waals surface area contributed by atoms with E-state index in [0.29, 0.717) is 23.0 Å². The average molecular weight is 585 g/mol. The van der Waals surface area contributed by atoms with Gasteiger partial charge in [0.1, 0.15) is 6.07 Å². The largest absolute Gasteiger partial charge is 0.208 e. The fraction of sp³-hybridized carbons (Fsp3) is 0.268. The Bertz CT molecular complexity index is 2070. The maximum absolute atomic E-state index is 10.2. The molecule has 4 nitrogen and oxygen atoms in total. The van der Waals surface area contributed by atoms with Crippen molar-refractivity contribution < 1.29 is 0 Å². The van der Waals surface area contributed by atoms with Crippen LogP contribution in [0.4, 0.5) is 0 Å². The van der Waals surface area contributed by atoms with Crippen molar-refractivity contribution in [3.05, 3.63) is 114 Å². The van der Waals surface area contributed by atoms with Gasteiger partial charge in [0.2, 0.25) is 0 Å². The van der Waals surface area contributed by atoms with E-state index < -0.39 is 0 Å². The van der Waals surface area contributed by atoms with Gasteiger partial charge in [-0.25, -0.2) is 15.0 Å². The molecule has 0 radical (unpaired) electrons. The summed E-state index contributed by atoms with van der Waals surface area (Å²) in [6.45, 7) is 4.89. The maximum atomic E-state index is 10.2. The molecule has 1 unspecified atom stereocenters. The van der Waals surface area contributed by atoms with Gasteiger partial charge in [-0.2, -0.15) is 5.26 Å². The minimum absolute atomic E-state index is 0.280. The molecule has 1 heterocycles. The van der Waals surface area contributed by atoms with Crippen molar-refractivity contribution in [3.63, 3.8) is 0 Å². The summed E-state index contributed by atoms with van der Waals surface area (Å²) in [6, 6.07) is 38.0. The van der Waals surface area contributed by atoms with Crippen LogP contribution in [0.3, 0.4) is 0 Å². The number of nitrogens with zero attached hydrogens (tertiary/aromatic N) is 4. The summed E-state index contributed by atoms with van der Waals surface area (Å²) >= 11 is 0. The summed E-state index contributed by atoms with van der Waals surface area (Å²) in [7, 11) is 0. The van der Waals surface area contributed by atoms with Crippen LogP contribution in [-0.4, -0.2) is 15.0 Å². The second-order valence-corrected chi connectivity index (χ2v) is 13.7. The zero-order valence-electron chi connectivity index (χ0n) is 25.9. The lowest BCUT2D eigenvalue weighted by Gasteiger charge is -2.50. The number of rotatable bonds is 4. The van der Waals surface area contributed by atoms with E-state index in [4.69, 9.17) is 15.0 Å². The van der Waals surface area contributed by atoms with Crippen LogP contribution >= 0.6 is 0 Å². The van der Waals surface area contributed by atoms with Crippen molar-refractivity contribution in [2.24, 2.45) is 17.8 Å². The Kier molecular flexibility index (Phi) is 6.72. The van der Waals surface area contributed by atoms with Crippen molar-refractivity contribution in [2.75, 3.05) is 0 Å². The summed E-state index contributed by atoms with van der Waals surface area (Å²) < 4.78 is 0. The summed E-state index contributed by atoms with van der Waals surface area (Å²) in [5.74, 6) is 4.30. The van der Waals surface area contributed by atoms with Crippen molar-refractivity contribution in [3.8, 4) is 40.2 Å². The molecule has 0 spiro atoms. The predicted octanol–water partition coefficient (Wildman–Crippen LogP) is 10.2.